The summed E-state index contributed by atoms with van der Waals surface area (Å²) < 4.78 is 35.1. The summed E-state index contributed by atoms with van der Waals surface area (Å²) in [6.07, 6.45) is 0. The summed E-state index contributed by atoms with van der Waals surface area (Å²) in [7, 11) is -1.71. The minimum atomic E-state index is -3.55. The van der Waals surface area contributed by atoms with Gasteiger partial charge in [-0.1, -0.05) is 0 Å². The van der Waals surface area contributed by atoms with Crippen LogP contribution in [0.1, 0.15) is 0 Å². The predicted molar refractivity (Wildman–Crippen MR) is 78.6 cm³/mol. The Bertz CT molecular complexity index is 527. The third-order valence-electron chi connectivity index (χ3n) is 3.02. The van der Waals surface area contributed by atoms with Gasteiger partial charge in [0, 0.05) is 19.6 Å². The van der Waals surface area contributed by atoms with Gasteiger partial charge in [-0.2, -0.15) is 0 Å². The largest absolute Gasteiger partial charge is 0.492 e. The number of likely N-dealkylation sites (N-methyl/N-ethyl adjacent to an activating group) is 1. The monoisotopic (exact) mass is 315 g/mol. The molecule has 1 fully saturated rings. The predicted octanol–water partition coefficient (Wildman–Crippen LogP) is -0.190. The van der Waals surface area contributed by atoms with Gasteiger partial charge in [-0.15, -0.1) is 4.83 Å². The van der Waals surface area contributed by atoms with Crippen molar-refractivity contribution in [1.29, 1.82) is 0 Å². The first-order valence-electron chi connectivity index (χ1n) is 6.84. The first-order chi connectivity index (χ1) is 10.1. The van der Waals surface area contributed by atoms with Crippen LogP contribution in [0.25, 0.3) is 0 Å². The number of ether oxygens (including phenoxy) is 2. The van der Waals surface area contributed by atoms with Crippen LogP contribution >= 0.6 is 0 Å². The third-order valence-corrected chi connectivity index (χ3v) is 4.41. The highest BCUT2D eigenvalue weighted by Gasteiger charge is 2.20. The number of hydrogen-bond donors (Lipinski definition) is 2. The summed E-state index contributed by atoms with van der Waals surface area (Å²) in [5.41, 5.74) is 0. The van der Waals surface area contributed by atoms with E-state index in [9.17, 15) is 8.42 Å². The summed E-state index contributed by atoms with van der Waals surface area (Å²) in [5, 5.41) is 4.62. The molecule has 1 aliphatic rings. The maximum atomic E-state index is 12.2. The molecule has 0 aromatic heterocycles. The normalized spacial score (nSPS) is 16.8. The number of rotatable bonds is 7. The molecule has 1 aromatic rings. The Morgan fingerprint density at radius 3 is 2.52 bits per heavy atom. The summed E-state index contributed by atoms with van der Waals surface area (Å²) in [5.74, 6) is 0.649. The lowest BCUT2D eigenvalue weighted by Crippen LogP contribution is -2.48. The average Bonchev–Trinajstić information content (AvgIpc) is 2.49. The highest BCUT2D eigenvalue weighted by molar-refractivity contribution is 7.89. The zero-order valence-corrected chi connectivity index (χ0v) is 12.9. The highest BCUT2D eigenvalue weighted by atomic mass is 32.2. The maximum absolute atomic E-state index is 12.2. The topological polar surface area (TPSA) is 79.9 Å². The molecular formula is C13H21N3O4S. The van der Waals surface area contributed by atoms with Gasteiger partial charge in [-0.3, -0.25) is 0 Å². The SMILES string of the molecule is CNCCOc1ccc(S(=O)(=O)NN2CCOCC2)cc1. The maximum Gasteiger partial charge on any atom is 0.253 e. The number of benzene rings is 1. The Labute approximate surface area is 125 Å². The van der Waals surface area contributed by atoms with Gasteiger partial charge in [0.1, 0.15) is 12.4 Å². The lowest BCUT2D eigenvalue weighted by Gasteiger charge is -2.26. The number of hydrogen-bond acceptors (Lipinski definition) is 6. The average molecular weight is 315 g/mol. The van der Waals surface area contributed by atoms with Crippen LogP contribution in [0.5, 0.6) is 5.75 Å². The zero-order chi connectivity index (χ0) is 15.1. The minimum Gasteiger partial charge on any atom is -0.492 e. The summed E-state index contributed by atoms with van der Waals surface area (Å²) >= 11 is 0. The van der Waals surface area contributed by atoms with E-state index >= 15 is 0 Å². The molecule has 0 amide bonds. The molecule has 0 spiro atoms. The van der Waals surface area contributed by atoms with Crippen molar-refractivity contribution < 1.29 is 17.9 Å². The molecule has 1 saturated heterocycles. The number of nitrogens with one attached hydrogen (secondary N) is 2. The Kier molecular flexibility index (Phi) is 5.95. The van der Waals surface area contributed by atoms with E-state index in [0.717, 1.165) is 6.54 Å². The molecule has 2 N–H and O–H groups in total. The summed E-state index contributed by atoms with van der Waals surface area (Å²) in [4.78, 5) is 2.78. The fraction of sp³-hybridized carbons (Fsp3) is 0.538. The van der Waals surface area contributed by atoms with Crippen LogP contribution in [0.15, 0.2) is 29.2 Å². The van der Waals surface area contributed by atoms with Crippen molar-refractivity contribution in [3.63, 3.8) is 0 Å². The van der Waals surface area contributed by atoms with Gasteiger partial charge in [0.25, 0.3) is 10.0 Å². The molecule has 118 valence electrons. The molecule has 0 unspecified atom stereocenters. The molecular weight excluding hydrogens is 294 g/mol. The van der Waals surface area contributed by atoms with E-state index in [1.54, 1.807) is 17.1 Å². The van der Waals surface area contributed by atoms with Crippen molar-refractivity contribution in [2.45, 2.75) is 4.90 Å². The van der Waals surface area contributed by atoms with Crippen molar-refractivity contribution in [3.8, 4) is 5.75 Å². The third kappa shape index (κ3) is 4.94. The molecule has 7 nitrogen and oxygen atoms in total. The van der Waals surface area contributed by atoms with Crippen molar-refractivity contribution in [3.05, 3.63) is 24.3 Å². The molecule has 0 bridgehead atoms. The Morgan fingerprint density at radius 1 is 1.24 bits per heavy atom. The van der Waals surface area contributed by atoms with Crippen LogP contribution in [0.3, 0.4) is 0 Å². The van der Waals surface area contributed by atoms with Gasteiger partial charge in [0.15, 0.2) is 0 Å². The second kappa shape index (κ2) is 7.71. The number of sulfonamides is 1. The number of morpholine rings is 1. The molecule has 0 saturated carbocycles. The van der Waals surface area contributed by atoms with E-state index in [1.807, 2.05) is 7.05 Å². The molecule has 2 rings (SSSR count). The Balaban J connectivity index is 1.95. The fourth-order valence-electron chi connectivity index (χ4n) is 1.86. The van der Waals surface area contributed by atoms with Gasteiger partial charge in [-0.25, -0.2) is 13.4 Å². The van der Waals surface area contributed by atoms with Crippen LogP contribution in [0, 0.1) is 0 Å². The molecule has 1 aliphatic heterocycles. The van der Waals surface area contributed by atoms with Crippen molar-refractivity contribution in [1.82, 2.24) is 15.2 Å². The minimum absolute atomic E-state index is 0.218. The zero-order valence-electron chi connectivity index (χ0n) is 12.0. The van der Waals surface area contributed by atoms with E-state index in [-0.39, 0.29) is 4.90 Å². The van der Waals surface area contributed by atoms with Crippen LogP contribution in [-0.4, -0.2) is 59.9 Å². The van der Waals surface area contributed by atoms with Crippen LogP contribution in [0.2, 0.25) is 0 Å². The van der Waals surface area contributed by atoms with E-state index in [0.29, 0.717) is 38.7 Å². The quantitative estimate of drug-likeness (QED) is 0.679. The van der Waals surface area contributed by atoms with Crippen molar-refractivity contribution >= 4 is 10.0 Å². The van der Waals surface area contributed by atoms with E-state index in [4.69, 9.17) is 9.47 Å². The van der Waals surface area contributed by atoms with Crippen LogP contribution in [0.4, 0.5) is 0 Å². The molecule has 0 radical (unpaired) electrons. The summed E-state index contributed by atoms with van der Waals surface area (Å²) in [6.45, 7) is 3.42. The van der Waals surface area contributed by atoms with Crippen molar-refractivity contribution in [2.75, 3.05) is 46.5 Å². The van der Waals surface area contributed by atoms with Gasteiger partial charge in [0.2, 0.25) is 0 Å². The number of nitrogens with zero attached hydrogens (tertiary/aromatic N) is 1. The molecule has 1 aromatic carbocycles. The van der Waals surface area contributed by atoms with E-state index < -0.39 is 10.0 Å². The van der Waals surface area contributed by atoms with E-state index in [2.05, 4.69) is 10.1 Å². The first-order valence-corrected chi connectivity index (χ1v) is 8.33. The molecule has 0 aliphatic carbocycles. The summed E-state index contributed by atoms with van der Waals surface area (Å²) in [6, 6.07) is 6.39. The van der Waals surface area contributed by atoms with Gasteiger partial charge in [-0.05, 0) is 31.3 Å². The second-order valence-corrected chi connectivity index (χ2v) is 6.28. The van der Waals surface area contributed by atoms with E-state index in [1.165, 1.54) is 12.1 Å². The van der Waals surface area contributed by atoms with Crippen LogP contribution in [-0.2, 0) is 14.8 Å². The van der Waals surface area contributed by atoms with Crippen molar-refractivity contribution in [2.24, 2.45) is 0 Å². The Hall–Kier alpha value is -1.19. The lowest BCUT2D eigenvalue weighted by molar-refractivity contribution is 0.0272. The molecule has 1 heterocycles. The van der Waals surface area contributed by atoms with Gasteiger partial charge >= 0.3 is 0 Å². The second-order valence-electron chi connectivity index (χ2n) is 4.62. The highest BCUT2D eigenvalue weighted by Crippen LogP contribution is 2.16. The fourth-order valence-corrected chi connectivity index (χ4v) is 2.99. The molecule has 0 atom stereocenters. The Morgan fingerprint density at radius 2 is 1.90 bits per heavy atom. The standard InChI is InChI=1S/C13H21N3O4S/c1-14-6-9-20-12-2-4-13(5-3-12)21(17,18)15-16-7-10-19-11-8-16/h2-5,14-15H,6-11H2,1H3. The smallest absolute Gasteiger partial charge is 0.253 e. The first kappa shape index (κ1) is 16.2. The van der Waals surface area contributed by atoms with Gasteiger partial charge in [0.05, 0.1) is 18.1 Å². The lowest BCUT2D eigenvalue weighted by atomic mass is 10.3. The molecule has 8 heteroatoms. The number of hydrazine groups is 1. The van der Waals surface area contributed by atoms with Crippen LogP contribution < -0.4 is 14.9 Å². The molecule has 21 heavy (non-hydrogen) atoms. The van der Waals surface area contributed by atoms with Gasteiger partial charge < -0.3 is 14.8 Å².